The van der Waals surface area contributed by atoms with Crippen molar-refractivity contribution in [2.24, 2.45) is 0 Å². The number of nitrogens with one attached hydrogen (secondary N) is 1. The zero-order chi connectivity index (χ0) is 19.9. The lowest BCUT2D eigenvalue weighted by Gasteiger charge is -2.37. The molecule has 2 aromatic carbocycles. The average molecular weight is 398 g/mol. The van der Waals surface area contributed by atoms with E-state index < -0.39 is 0 Å². The monoisotopic (exact) mass is 397 g/mol. The molecule has 1 heterocycles. The molecule has 5 heteroatoms. The van der Waals surface area contributed by atoms with Crippen LogP contribution in [0, 0.1) is 13.8 Å². The van der Waals surface area contributed by atoms with Crippen LogP contribution in [0.15, 0.2) is 42.5 Å². The van der Waals surface area contributed by atoms with Gasteiger partial charge in [0.25, 0.3) is 5.91 Å². The van der Waals surface area contributed by atoms with Gasteiger partial charge in [-0.05, 0) is 56.2 Å². The van der Waals surface area contributed by atoms with Gasteiger partial charge in [-0.15, -0.1) is 0 Å². The average Bonchev–Trinajstić information content (AvgIpc) is 2.71. The van der Waals surface area contributed by atoms with Gasteiger partial charge in [0.05, 0.1) is 0 Å². The second kappa shape index (κ2) is 9.87. The first-order chi connectivity index (χ1) is 13.6. The second-order valence-electron chi connectivity index (χ2n) is 7.45. The first-order valence-corrected chi connectivity index (χ1v) is 11.2. The minimum absolute atomic E-state index is 0.130. The molecular formula is C23H31N3OS. The highest BCUT2D eigenvalue weighted by atomic mass is 32.2. The summed E-state index contributed by atoms with van der Waals surface area (Å²) in [7, 11) is 0. The maximum absolute atomic E-state index is 12.8. The first kappa shape index (κ1) is 20.6. The van der Waals surface area contributed by atoms with E-state index in [9.17, 15) is 4.79 Å². The van der Waals surface area contributed by atoms with E-state index in [0.717, 1.165) is 43.2 Å². The molecule has 0 bridgehead atoms. The Balaban J connectivity index is 1.53. The summed E-state index contributed by atoms with van der Waals surface area (Å²) in [4.78, 5) is 17.2. The Morgan fingerprint density at radius 1 is 1.04 bits per heavy atom. The van der Waals surface area contributed by atoms with Gasteiger partial charge in [-0.3, -0.25) is 4.79 Å². The van der Waals surface area contributed by atoms with E-state index in [-0.39, 0.29) is 5.91 Å². The molecule has 1 saturated heterocycles. The largest absolute Gasteiger partial charge is 0.368 e. The highest BCUT2D eigenvalue weighted by molar-refractivity contribution is 8.00. The lowest BCUT2D eigenvalue weighted by Crippen LogP contribution is -2.49. The predicted octanol–water partition coefficient (Wildman–Crippen LogP) is 5.13. The smallest absolute Gasteiger partial charge is 0.253 e. The molecule has 1 amide bonds. The van der Waals surface area contributed by atoms with Gasteiger partial charge >= 0.3 is 0 Å². The Kier molecular flexibility index (Phi) is 7.26. The molecule has 4 nitrogen and oxygen atoms in total. The number of unbranched alkanes of at least 4 members (excludes halogenated alkanes) is 1. The Hall–Kier alpha value is -2.14. The van der Waals surface area contributed by atoms with E-state index >= 15 is 0 Å². The summed E-state index contributed by atoms with van der Waals surface area (Å²) in [5, 5.41) is 0. The minimum Gasteiger partial charge on any atom is -0.368 e. The molecule has 0 aliphatic carbocycles. The van der Waals surface area contributed by atoms with Crippen molar-refractivity contribution in [3.63, 3.8) is 0 Å². The third kappa shape index (κ3) is 5.22. The molecule has 0 unspecified atom stereocenters. The Morgan fingerprint density at radius 2 is 1.75 bits per heavy atom. The summed E-state index contributed by atoms with van der Waals surface area (Å²) in [6, 6.07) is 14.4. The second-order valence-corrected chi connectivity index (χ2v) is 8.35. The third-order valence-electron chi connectivity index (χ3n) is 5.18. The topological polar surface area (TPSA) is 35.6 Å². The molecule has 1 aliphatic rings. The Labute approximate surface area is 173 Å². The van der Waals surface area contributed by atoms with Crippen molar-refractivity contribution >= 4 is 29.2 Å². The first-order valence-electron chi connectivity index (χ1n) is 10.2. The van der Waals surface area contributed by atoms with Crippen molar-refractivity contribution in [3.8, 4) is 0 Å². The van der Waals surface area contributed by atoms with Crippen LogP contribution in [-0.4, -0.2) is 42.7 Å². The van der Waals surface area contributed by atoms with Gasteiger partial charge in [-0.1, -0.05) is 43.0 Å². The molecule has 1 N–H and O–H groups in total. The van der Waals surface area contributed by atoms with Gasteiger partial charge in [-0.25, -0.2) is 0 Å². The maximum atomic E-state index is 12.8. The normalized spacial score (nSPS) is 14.2. The van der Waals surface area contributed by atoms with Crippen molar-refractivity contribution < 1.29 is 4.79 Å². The van der Waals surface area contributed by atoms with Gasteiger partial charge in [0.15, 0.2) is 0 Å². The number of benzene rings is 2. The van der Waals surface area contributed by atoms with Gasteiger partial charge in [0, 0.05) is 48.9 Å². The van der Waals surface area contributed by atoms with Crippen molar-refractivity contribution in [1.29, 1.82) is 0 Å². The summed E-state index contributed by atoms with van der Waals surface area (Å²) in [5.74, 6) is 1.23. The summed E-state index contributed by atoms with van der Waals surface area (Å²) in [5.41, 5.74) is 5.70. The van der Waals surface area contributed by atoms with Crippen molar-refractivity contribution in [2.45, 2.75) is 33.6 Å². The number of carbonyl (C=O) groups is 1. The Morgan fingerprint density at radius 3 is 2.39 bits per heavy atom. The number of hydrogen-bond acceptors (Lipinski definition) is 4. The van der Waals surface area contributed by atoms with E-state index in [1.165, 1.54) is 29.7 Å². The molecule has 1 fully saturated rings. The van der Waals surface area contributed by atoms with Crippen molar-refractivity contribution in [3.05, 3.63) is 59.2 Å². The van der Waals surface area contributed by atoms with E-state index in [1.54, 1.807) is 11.9 Å². The van der Waals surface area contributed by atoms with E-state index in [2.05, 4.69) is 48.6 Å². The standard InChI is InChI=1S/C23H31N3OS/c1-4-5-16-28-24-21-9-7-20(8-10-21)23(27)26-14-12-25(13-15-26)22-11-6-18(2)17-19(22)3/h6-11,17,24H,4-5,12-16H2,1-3H3. The number of hydrogen-bond donors (Lipinski definition) is 1. The minimum atomic E-state index is 0.130. The van der Waals surface area contributed by atoms with Gasteiger partial charge in [0.1, 0.15) is 0 Å². The summed E-state index contributed by atoms with van der Waals surface area (Å²) < 4.78 is 3.34. The van der Waals surface area contributed by atoms with Crippen LogP contribution in [0.4, 0.5) is 11.4 Å². The van der Waals surface area contributed by atoms with E-state index in [0.29, 0.717) is 0 Å². The fraction of sp³-hybridized carbons (Fsp3) is 0.435. The molecule has 0 radical (unpaired) electrons. The Bertz CT molecular complexity index is 783. The fourth-order valence-corrected chi connectivity index (χ4v) is 4.36. The van der Waals surface area contributed by atoms with Crippen LogP contribution in [0.5, 0.6) is 0 Å². The van der Waals surface area contributed by atoms with Crippen LogP contribution in [-0.2, 0) is 0 Å². The molecule has 0 spiro atoms. The lowest BCUT2D eigenvalue weighted by molar-refractivity contribution is 0.0747. The fourth-order valence-electron chi connectivity index (χ4n) is 3.52. The lowest BCUT2D eigenvalue weighted by atomic mass is 10.1. The van der Waals surface area contributed by atoms with Crippen LogP contribution >= 0.6 is 11.9 Å². The van der Waals surface area contributed by atoms with Crippen LogP contribution < -0.4 is 9.62 Å². The molecular weight excluding hydrogens is 366 g/mol. The van der Waals surface area contributed by atoms with Crippen LogP contribution in [0.25, 0.3) is 0 Å². The quantitative estimate of drug-likeness (QED) is 0.519. The highest BCUT2D eigenvalue weighted by Crippen LogP contribution is 2.23. The number of rotatable bonds is 7. The van der Waals surface area contributed by atoms with E-state index in [1.807, 2.05) is 29.2 Å². The molecule has 150 valence electrons. The third-order valence-corrected chi connectivity index (χ3v) is 6.05. The van der Waals surface area contributed by atoms with Crippen molar-refractivity contribution in [1.82, 2.24) is 4.90 Å². The number of amides is 1. The summed E-state index contributed by atoms with van der Waals surface area (Å²) >= 11 is 1.72. The van der Waals surface area contributed by atoms with Crippen LogP contribution in [0.3, 0.4) is 0 Å². The SMILES string of the molecule is CCCCSNc1ccc(C(=O)N2CCN(c3ccc(C)cc3C)CC2)cc1. The molecule has 2 aromatic rings. The van der Waals surface area contributed by atoms with E-state index in [4.69, 9.17) is 0 Å². The molecule has 0 atom stereocenters. The van der Waals surface area contributed by atoms with Crippen LogP contribution in [0.1, 0.15) is 41.3 Å². The zero-order valence-electron chi connectivity index (χ0n) is 17.2. The number of carbonyl (C=O) groups excluding carboxylic acids is 1. The maximum Gasteiger partial charge on any atom is 0.253 e. The molecule has 0 aromatic heterocycles. The molecule has 28 heavy (non-hydrogen) atoms. The number of nitrogens with zero attached hydrogens (tertiary/aromatic N) is 2. The highest BCUT2D eigenvalue weighted by Gasteiger charge is 2.23. The number of piperazine rings is 1. The van der Waals surface area contributed by atoms with Gasteiger partial charge in [-0.2, -0.15) is 0 Å². The summed E-state index contributed by atoms with van der Waals surface area (Å²) in [6.45, 7) is 9.77. The summed E-state index contributed by atoms with van der Waals surface area (Å²) in [6.07, 6.45) is 2.42. The predicted molar refractivity (Wildman–Crippen MR) is 121 cm³/mol. The van der Waals surface area contributed by atoms with Crippen molar-refractivity contribution in [2.75, 3.05) is 41.6 Å². The molecule has 0 saturated carbocycles. The zero-order valence-corrected chi connectivity index (χ0v) is 18.0. The molecule has 3 rings (SSSR count). The van der Waals surface area contributed by atoms with Gasteiger partial charge in [0.2, 0.25) is 0 Å². The number of aryl methyl sites for hydroxylation is 2. The molecule has 1 aliphatic heterocycles. The number of anilines is 2. The van der Waals surface area contributed by atoms with Crippen LogP contribution in [0.2, 0.25) is 0 Å². The van der Waals surface area contributed by atoms with Gasteiger partial charge < -0.3 is 14.5 Å².